The van der Waals surface area contributed by atoms with E-state index in [1.165, 1.54) is 0 Å². The molecule has 6 nitrogen and oxygen atoms in total. The summed E-state index contributed by atoms with van der Waals surface area (Å²) in [7, 11) is 3.28. The first-order valence-corrected chi connectivity index (χ1v) is 7.82. The van der Waals surface area contributed by atoms with Gasteiger partial charge >= 0.3 is 0 Å². The van der Waals surface area contributed by atoms with Crippen molar-refractivity contribution >= 4 is 0 Å². The summed E-state index contributed by atoms with van der Waals surface area (Å²) >= 11 is 0. The lowest BCUT2D eigenvalue weighted by molar-refractivity contribution is 0.0324. The zero-order valence-electron chi connectivity index (χ0n) is 14.7. The Kier molecular flexibility index (Phi) is 20.4. The third kappa shape index (κ3) is 20.6. The van der Waals surface area contributed by atoms with Gasteiger partial charge in [0, 0.05) is 14.2 Å². The van der Waals surface area contributed by atoms with Gasteiger partial charge < -0.3 is 28.4 Å². The zero-order chi connectivity index (χ0) is 17.6. The smallest absolute Gasteiger partial charge is 0.108 e. The van der Waals surface area contributed by atoms with Gasteiger partial charge in [-0.05, 0) is 12.2 Å². The molecule has 0 N–H and O–H groups in total. The summed E-state index contributed by atoms with van der Waals surface area (Å²) in [5.74, 6) is 11.4. The summed E-state index contributed by atoms with van der Waals surface area (Å²) in [6.45, 7) is 5.23. The van der Waals surface area contributed by atoms with Crippen molar-refractivity contribution in [1.82, 2.24) is 0 Å². The Labute approximate surface area is 145 Å². The van der Waals surface area contributed by atoms with Crippen LogP contribution in [0, 0.1) is 23.7 Å². The predicted molar refractivity (Wildman–Crippen MR) is 91.7 cm³/mol. The van der Waals surface area contributed by atoms with Crippen molar-refractivity contribution in [3.05, 3.63) is 12.2 Å². The van der Waals surface area contributed by atoms with Gasteiger partial charge in [-0.3, -0.25) is 0 Å². The lowest BCUT2D eigenvalue weighted by atomic mass is 10.4. The molecule has 0 aromatic carbocycles. The molecule has 0 radical (unpaired) electrons. The number of ether oxygens (including phenoxy) is 6. The molecule has 136 valence electrons. The van der Waals surface area contributed by atoms with E-state index in [2.05, 4.69) is 23.7 Å². The number of hydrogen-bond acceptors (Lipinski definition) is 6. The Balaban J connectivity index is 3.34. The van der Waals surface area contributed by atoms with E-state index in [4.69, 9.17) is 28.4 Å². The first-order chi connectivity index (χ1) is 11.9. The molecule has 0 aliphatic rings. The summed E-state index contributed by atoms with van der Waals surface area (Å²) < 4.78 is 30.7. The summed E-state index contributed by atoms with van der Waals surface area (Å²) in [6.07, 6.45) is 3.36. The molecule has 0 aromatic rings. The first kappa shape index (κ1) is 22.6. The molecule has 0 heterocycles. The molecule has 0 spiro atoms. The van der Waals surface area contributed by atoms with Gasteiger partial charge in [-0.25, -0.2) is 0 Å². The highest BCUT2D eigenvalue weighted by atomic mass is 16.5. The van der Waals surface area contributed by atoms with E-state index < -0.39 is 0 Å². The minimum absolute atomic E-state index is 0.373. The second kappa shape index (κ2) is 21.6. The van der Waals surface area contributed by atoms with Crippen molar-refractivity contribution in [2.45, 2.75) is 0 Å². The van der Waals surface area contributed by atoms with E-state index in [9.17, 15) is 0 Å². The van der Waals surface area contributed by atoms with E-state index in [0.29, 0.717) is 66.1 Å². The van der Waals surface area contributed by atoms with Gasteiger partial charge in [-0.15, -0.1) is 0 Å². The maximum atomic E-state index is 5.27. The Hall–Kier alpha value is -1.38. The molecule has 24 heavy (non-hydrogen) atoms. The standard InChI is InChI=1S/C18H28O6/c1-19-11-13-23-17-15-21-9-7-5-3-4-6-8-10-22-16-18-24-14-12-20-2/h3-4H,9-18H2,1-2H3. The molecular weight excluding hydrogens is 312 g/mol. The molecule has 0 saturated heterocycles. The van der Waals surface area contributed by atoms with E-state index in [1.54, 1.807) is 26.4 Å². The molecule has 0 aliphatic carbocycles. The van der Waals surface area contributed by atoms with Crippen molar-refractivity contribution in [3.63, 3.8) is 0 Å². The average Bonchev–Trinajstić information content (AvgIpc) is 2.60. The van der Waals surface area contributed by atoms with E-state index in [-0.39, 0.29) is 0 Å². The summed E-state index contributed by atoms with van der Waals surface area (Å²) in [4.78, 5) is 0. The molecule has 0 rings (SSSR count). The van der Waals surface area contributed by atoms with Crippen molar-refractivity contribution in [3.8, 4) is 23.7 Å². The normalized spacial score (nSPS) is 10.2. The molecule has 0 fully saturated rings. The van der Waals surface area contributed by atoms with Gasteiger partial charge in [0.2, 0.25) is 0 Å². The molecule has 0 atom stereocenters. The van der Waals surface area contributed by atoms with Gasteiger partial charge in [0.25, 0.3) is 0 Å². The molecule has 0 aromatic heterocycles. The van der Waals surface area contributed by atoms with Crippen LogP contribution in [0.5, 0.6) is 0 Å². The predicted octanol–water partition coefficient (Wildman–Crippen LogP) is 0.909. The number of hydrogen-bond donors (Lipinski definition) is 0. The Bertz CT molecular complexity index is 361. The highest BCUT2D eigenvalue weighted by Crippen LogP contribution is 1.80. The van der Waals surface area contributed by atoms with Gasteiger partial charge in [0.05, 0.1) is 52.9 Å². The monoisotopic (exact) mass is 340 g/mol. The Morgan fingerprint density at radius 2 is 0.917 bits per heavy atom. The SMILES string of the molecule is COCCOCCOCC#CC=CC#CCOCCOCCOC. The van der Waals surface area contributed by atoms with Crippen LogP contribution in [0.1, 0.15) is 0 Å². The molecule has 6 heteroatoms. The van der Waals surface area contributed by atoms with Crippen LogP contribution in [0.25, 0.3) is 0 Å². The van der Waals surface area contributed by atoms with E-state index in [0.717, 1.165) is 0 Å². The van der Waals surface area contributed by atoms with Gasteiger partial charge in [-0.2, -0.15) is 0 Å². The average molecular weight is 340 g/mol. The molecule has 0 amide bonds. The first-order valence-electron chi connectivity index (χ1n) is 7.82. The van der Waals surface area contributed by atoms with Crippen LogP contribution >= 0.6 is 0 Å². The van der Waals surface area contributed by atoms with Crippen LogP contribution in [-0.2, 0) is 28.4 Å². The summed E-state index contributed by atoms with van der Waals surface area (Å²) in [6, 6.07) is 0. The van der Waals surface area contributed by atoms with Crippen LogP contribution in [0.3, 0.4) is 0 Å². The fourth-order valence-electron chi connectivity index (χ4n) is 1.26. The minimum atomic E-state index is 0.373. The Morgan fingerprint density at radius 1 is 0.542 bits per heavy atom. The zero-order valence-corrected chi connectivity index (χ0v) is 14.7. The van der Waals surface area contributed by atoms with Crippen molar-refractivity contribution in [2.24, 2.45) is 0 Å². The van der Waals surface area contributed by atoms with Crippen LogP contribution in [0.15, 0.2) is 12.2 Å². The van der Waals surface area contributed by atoms with E-state index in [1.807, 2.05) is 0 Å². The maximum absolute atomic E-state index is 5.27. The number of allylic oxidation sites excluding steroid dienone is 2. The van der Waals surface area contributed by atoms with Gasteiger partial charge in [-0.1, -0.05) is 23.7 Å². The van der Waals surface area contributed by atoms with Gasteiger partial charge in [0.15, 0.2) is 0 Å². The maximum Gasteiger partial charge on any atom is 0.108 e. The lowest BCUT2D eigenvalue weighted by Gasteiger charge is -2.02. The highest BCUT2D eigenvalue weighted by molar-refractivity contribution is 5.24. The largest absolute Gasteiger partial charge is 0.382 e. The molecular formula is C18H28O6. The Morgan fingerprint density at radius 3 is 1.33 bits per heavy atom. The molecule has 0 aliphatic heterocycles. The second-order valence-electron chi connectivity index (χ2n) is 4.29. The molecule has 0 saturated carbocycles. The summed E-state index contributed by atoms with van der Waals surface area (Å²) in [5.41, 5.74) is 0. The van der Waals surface area contributed by atoms with Gasteiger partial charge in [0.1, 0.15) is 13.2 Å². The van der Waals surface area contributed by atoms with Crippen LogP contribution < -0.4 is 0 Å². The fourth-order valence-corrected chi connectivity index (χ4v) is 1.26. The van der Waals surface area contributed by atoms with Crippen LogP contribution in [0.4, 0.5) is 0 Å². The van der Waals surface area contributed by atoms with Crippen molar-refractivity contribution < 1.29 is 28.4 Å². The molecule has 0 unspecified atom stereocenters. The van der Waals surface area contributed by atoms with Crippen molar-refractivity contribution in [1.29, 1.82) is 0 Å². The summed E-state index contributed by atoms with van der Waals surface area (Å²) in [5, 5.41) is 0. The highest BCUT2D eigenvalue weighted by Gasteiger charge is 1.88. The third-order valence-electron chi connectivity index (χ3n) is 2.41. The minimum Gasteiger partial charge on any atom is -0.382 e. The second-order valence-corrected chi connectivity index (χ2v) is 4.29. The van der Waals surface area contributed by atoms with E-state index >= 15 is 0 Å². The number of methoxy groups -OCH3 is 2. The van der Waals surface area contributed by atoms with Crippen LogP contribution in [0.2, 0.25) is 0 Å². The third-order valence-corrected chi connectivity index (χ3v) is 2.41. The quantitative estimate of drug-likeness (QED) is 0.346. The topological polar surface area (TPSA) is 55.4 Å². The van der Waals surface area contributed by atoms with Crippen molar-refractivity contribution in [2.75, 3.05) is 80.3 Å². The fraction of sp³-hybridized carbons (Fsp3) is 0.667. The molecule has 0 bridgehead atoms. The van der Waals surface area contributed by atoms with Crippen LogP contribution in [-0.4, -0.2) is 80.3 Å². The number of rotatable bonds is 14. The lowest BCUT2D eigenvalue weighted by Crippen LogP contribution is -2.08.